The number of amides is 1. The number of aryl methyl sites for hydroxylation is 1. The molecule has 2 heterocycles. The molecule has 10 heteroatoms. The quantitative estimate of drug-likeness (QED) is 0.466. The zero-order chi connectivity index (χ0) is 20.5. The zero-order valence-corrected chi connectivity index (χ0v) is 16.8. The maximum Gasteiger partial charge on any atom is 0.292 e. The van der Waals surface area contributed by atoms with Gasteiger partial charge in [0.1, 0.15) is 4.21 Å². The number of thiophene rings is 1. The van der Waals surface area contributed by atoms with Gasteiger partial charge in [-0.1, -0.05) is 18.2 Å². The van der Waals surface area contributed by atoms with Gasteiger partial charge in [0.2, 0.25) is 10.0 Å². The van der Waals surface area contributed by atoms with Gasteiger partial charge in [0, 0.05) is 4.88 Å². The van der Waals surface area contributed by atoms with E-state index in [-0.39, 0.29) is 16.3 Å². The van der Waals surface area contributed by atoms with Crippen LogP contribution in [-0.4, -0.2) is 29.9 Å². The molecule has 3 rings (SSSR count). The van der Waals surface area contributed by atoms with Gasteiger partial charge in [-0.25, -0.2) is 18.2 Å². The summed E-state index contributed by atoms with van der Waals surface area (Å²) in [5.41, 5.74) is 2.06. The molecule has 146 valence electrons. The van der Waals surface area contributed by atoms with Gasteiger partial charge in [-0.15, -0.1) is 11.3 Å². The van der Waals surface area contributed by atoms with E-state index in [2.05, 4.69) is 10.4 Å². The highest BCUT2D eigenvalue weighted by Gasteiger charge is 2.25. The van der Waals surface area contributed by atoms with Crippen LogP contribution < -0.4 is 10.5 Å². The standard InChI is InChI=1S/C18H18N4O4S2/c1-11-16(12(2)22(21-11)13-6-4-3-5-7-13)17(23)18(24)20-10-14-8-9-15(27-14)28(19,25)26/h3-9H,10H2,1-2H3,(H,20,24)(H2,19,25,26). The first-order chi connectivity index (χ1) is 13.2. The summed E-state index contributed by atoms with van der Waals surface area (Å²) in [6, 6.07) is 12.2. The number of hydrogen-bond donors (Lipinski definition) is 2. The number of aromatic nitrogens is 2. The number of benzene rings is 1. The first kappa shape index (κ1) is 19.9. The van der Waals surface area contributed by atoms with E-state index in [1.165, 1.54) is 6.07 Å². The summed E-state index contributed by atoms with van der Waals surface area (Å²) in [5.74, 6) is -1.48. The number of nitrogens with one attached hydrogen (secondary N) is 1. The highest BCUT2D eigenvalue weighted by Crippen LogP contribution is 2.21. The molecule has 2 aromatic heterocycles. The lowest BCUT2D eigenvalue weighted by Crippen LogP contribution is -2.31. The normalized spacial score (nSPS) is 11.4. The first-order valence-electron chi connectivity index (χ1n) is 8.24. The van der Waals surface area contributed by atoms with E-state index in [1.54, 1.807) is 24.6 Å². The molecule has 3 aromatic rings. The van der Waals surface area contributed by atoms with Crippen LogP contribution in [-0.2, 0) is 21.4 Å². The van der Waals surface area contributed by atoms with E-state index in [0.717, 1.165) is 17.0 Å². The van der Waals surface area contributed by atoms with Crippen molar-refractivity contribution in [2.75, 3.05) is 0 Å². The fourth-order valence-electron chi connectivity index (χ4n) is 2.76. The fourth-order valence-corrected chi connectivity index (χ4v) is 4.48. The van der Waals surface area contributed by atoms with Crippen molar-refractivity contribution in [1.82, 2.24) is 15.1 Å². The highest BCUT2D eigenvalue weighted by atomic mass is 32.2. The van der Waals surface area contributed by atoms with E-state index in [9.17, 15) is 18.0 Å². The fraction of sp³-hybridized carbons (Fsp3) is 0.167. The Hall–Kier alpha value is -2.82. The van der Waals surface area contributed by atoms with Gasteiger partial charge in [0.15, 0.2) is 0 Å². The van der Waals surface area contributed by atoms with Gasteiger partial charge < -0.3 is 5.32 Å². The van der Waals surface area contributed by atoms with Crippen molar-refractivity contribution < 1.29 is 18.0 Å². The Morgan fingerprint density at radius 1 is 1.14 bits per heavy atom. The SMILES string of the molecule is Cc1nn(-c2ccccc2)c(C)c1C(=O)C(=O)NCc1ccc(S(N)(=O)=O)s1. The van der Waals surface area contributed by atoms with Gasteiger partial charge in [0.05, 0.1) is 29.2 Å². The van der Waals surface area contributed by atoms with Crippen LogP contribution >= 0.6 is 11.3 Å². The van der Waals surface area contributed by atoms with Crippen LogP contribution in [0.3, 0.4) is 0 Å². The van der Waals surface area contributed by atoms with E-state index >= 15 is 0 Å². The molecule has 28 heavy (non-hydrogen) atoms. The maximum atomic E-state index is 12.6. The predicted molar refractivity (Wildman–Crippen MR) is 105 cm³/mol. The number of carbonyl (C=O) groups excluding carboxylic acids is 2. The number of para-hydroxylation sites is 1. The number of sulfonamides is 1. The molecule has 0 fully saturated rings. The predicted octanol–water partition coefficient (Wildman–Crippen LogP) is 1.70. The molecular weight excluding hydrogens is 400 g/mol. The van der Waals surface area contributed by atoms with Crippen molar-refractivity contribution in [2.45, 2.75) is 24.6 Å². The van der Waals surface area contributed by atoms with Crippen LogP contribution in [0.1, 0.15) is 26.6 Å². The Labute approximate surface area is 166 Å². The van der Waals surface area contributed by atoms with Crippen LogP contribution in [0.5, 0.6) is 0 Å². The summed E-state index contributed by atoms with van der Waals surface area (Å²) < 4.78 is 24.2. The molecule has 0 saturated heterocycles. The summed E-state index contributed by atoms with van der Waals surface area (Å²) in [6.07, 6.45) is 0. The largest absolute Gasteiger partial charge is 0.344 e. The third-order valence-corrected chi connectivity index (χ3v) is 6.59. The number of rotatable bonds is 6. The number of primary sulfonamides is 1. The Bertz CT molecular complexity index is 1150. The average molecular weight is 419 g/mol. The van der Waals surface area contributed by atoms with Crippen LogP contribution in [0.25, 0.3) is 5.69 Å². The van der Waals surface area contributed by atoms with Crippen molar-refractivity contribution in [3.63, 3.8) is 0 Å². The second kappa shape index (κ2) is 7.66. The molecule has 1 aromatic carbocycles. The van der Waals surface area contributed by atoms with E-state index in [4.69, 9.17) is 5.14 Å². The molecule has 0 atom stereocenters. The molecule has 8 nitrogen and oxygen atoms in total. The molecule has 0 unspecified atom stereocenters. The van der Waals surface area contributed by atoms with Gasteiger partial charge in [-0.05, 0) is 38.1 Å². The minimum atomic E-state index is -3.79. The number of ketones is 1. The smallest absolute Gasteiger partial charge is 0.292 e. The Kier molecular flexibility index (Phi) is 5.45. The minimum Gasteiger partial charge on any atom is -0.344 e. The number of nitrogens with zero attached hydrogens (tertiary/aromatic N) is 2. The van der Waals surface area contributed by atoms with Gasteiger partial charge in [0.25, 0.3) is 11.7 Å². The number of carbonyl (C=O) groups is 2. The lowest BCUT2D eigenvalue weighted by molar-refractivity contribution is -0.117. The lowest BCUT2D eigenvalue weighted by Gasteiger charge is -2.05. The summed E-state index contributed by atoms with van der Waals surface area (Å²) in [7, 11) is -3.79. The zero-order valence-electron chi connectivity index (χ0n) is 15.2. The van der Waals surface area contributed by atoms with Crippen LogP contribution in [0.4, 0.5) is 0 Å². The number of hydrogen-bond acceptors (Lipinski definition) is 6. The Balaban J connectivity index is 1.76. The molecule has 0 radical (unpaired) electrons. The summed E-state index contributed by atoms with van der Waals surface area (Å²) >= 11 is 0.942. The molecule has 0 saturated carbocycles. The minimum absolute atomic E-state index is 0.00102. The third kappa shape index (κ3) is 4.03. The van der Waals surface area contributed by atoms with Crippen LogP contribution in [0.15, 0.2) is 46.7 Å². The lowest BCUT2D eigenvalue weighted by atomic mass is 10.1. The van der Waals surface area contributed by atoms with E-state index < -0.39 is 21.7 Å². The topological polar surface area (TPSA) is 124 Å². The third-order valence-electron chi connectivity index (χ3n) is 4.07. The summed E-state index contributed by atoms with van der Waals surface area (Å²) in [6.45, 7) is 3.42. The van der Waals surface area contributed by atoms with Gasteiger partial charge in [-0.2, -0.15) is 5.10 Å². The molecule has 0 bridgehead atoms. The molecule has 3 N–H and O–H groups in total. The molecule has 0 aliphatic rings. The van der Waals surface area contributed by atoms with Crippen LogP contribution in [0, 0.1) is 13.8 Å². The molecule has 1 amide bonds. The van der Waals surface area contributed by atoms with E-state index in [1.807, 2.05) is 30.3 Å². The summed E-state index contributed by atoms with van der Waals surface area (Å²) in [4.78, 5) is 25.5. The van der Waals surface area contributed by atoms with E-state index in [0.29, 0.717) is 16.3 Å². The molecule has 0 spiro atoms. The second-order valence-electron chi connectivity index (χ2n) is 6.07. The monoisotopic (exact) mass is 418 g/mol. The molecule has 0 aliphatic carbocycles. The van der Waals surface area contributed by atoms with Crippen LogP contribution in [0.2, 0.25) is 0 Å². The Morgan fingerprint density at radius 2 is 1.82 bits per heavy atom. The van der Waals surface area contributed by atoms with Crippen molar-refractivity contribution in [3.05, 3.63) is 64.3 Å². The molecule has 0 aliphatic heterocycles. The highest BCUT2D eigenvalue weighted by molar-refractivity contribution is 7.91. The molecular formula is C18H18N4O4S2. The first-order valence-corrected chi connectivity index (χ1v) is 10.6. The number of Topliss-reactive ketones (excluding diaryl/α,β-unsaturated/α-hetero) is 1. The van der Waals surface area contributed by atoms with Crippen molar-refractivity contribution in [1.29, 1.82) is 0 Å². The van der Waals surface area contributed by atoms with Gasteiger partial charge in [-0.3, -0.25) is 9.59 Å². The summed E-state index contributed by atoms with van der Waals surface area (Å²) in [5, 5.41) is 12.0. The Morgan fingerprint density at radius 3 is 2.43 bits per heavy atom. The van der Waals surface area contributed by atoms with Gasteiger partial charge >= 0.3 is 0 Å². The van der Waals surface area contributed by atoms with Crippen molar-refractivity contribution >= 4 is 33.1 Å². The second-order valence-corrected chi connectivity index (χ2v) is 9.03. The maximum absolute atomic E-state index is 12.6. The van der Waals surface area contributed by atoms with Crippen molar-refractivity contribution in [3.8, 4) is 5.69 Å². The van der Waals surface area contributed by atoms with Crippen molar-refractivity contribution in [2.24, 2.45) is 5.14 Å². The number of nitrogens with two attached hydrogens (primary N) is 1. The average Bonchev–Trinajstić information content (AvgIpc) is 3.24.